The Kier molecular flexibility index (Phi) is 35.8. The smallest absolute Gasteiger partial charge is 0.407 e. The predicted octanol–water partition coefficient (Wildman–Crippen LogP) is 18.9. The quantitative estimate of drug-likeness (QED) is 0.0161. The van der Waals surface area contributed by atoms with E-state index in [1.165, 1.54) is 0 Å². The van der Waals surface area contributed by atoms with E-state index in [-0.39, 0.29) is 59.2 Å². The third kappa shape index (κ3) is 28.3. The summed E-state index contributed by atoms with van der Waals surface area (Å²) < 4.78 is 128. The number of aliphatic hydroxyl groups is 1. The average molecular weight is 1950 g/mol. The van der Waals surface area contributed by atoms with Gasteiger partial charge in [-0.05, 0) is 125 Å². The van der Waals surface area contributed by atoms with Gasteiger partial charge in [-0.15, -0.1) is 0 Å². The number of rotatable bonds is 34. The van der Waals surface area contributed by atoms with E-state index >= 15 is 14.4 Å². The molecule has 738 valence electrons. The van der Waals surface area contributed by atoms with Crippen molar-refractivity contribution < 1.29 is 113 Å². The van der Waals surface area contributed by atoms with Crippen LogP contribution in [0.25, 0.3) is 0 Å². The van der Waals surface area contributed by atoms with Crippen molar-refractivity contribution >= 4 is 72.1 Å². The van der Waals surface area contributed by atoms with E-state index in [0.717, 1.165) is 5.56 Å². The van der Waals surface area contributed by atoms with Crippen molar-refractivity contribution in [3.05, 3.63) is 215 Å². The van der Waals surface area contributed by atoms with Gasteiger partial charge < -0.3 is 115 Å². The van der Waals surface area contributed by atoms with E-state index < -0.39 is 220 Å². The number of amides is 5. The Morgan fingerprint density at radius 3 is 1.10 bits per heavy atom. The maximum absolute atomic E-state index is 15.4. The van der Waals surface area contributed by atoms with Crippen LogP contribution in [0.3, 0.4) is 0 Å². The van der Waals surface area contributed by atoms with Crippen molar-refractivity contribution in [1.82, 2.24) is 26.6 Å². The summed E-state index contributed by atoms with van der Waals surface area (Å²) in [6.45, 7) is 51.4. The highest BCUT2D eigenvalue weighted by Crippen LogP contribution is 2.49. The minimum atomic E-state index is -3.28. The molecule has 29 nitrogen and oxygen atoms in total. The van der Waals surface area contributed by atoms with Gasteiger partial charge in [0.15, 0.2) is 66.7 Å². The van der Waals surface area contributed by atoms with Gasteiger partial charge in [-0.2, -0.15) is 0 Å². The van der Waals surface area contributed by atoms with Crippen LogP contribution in [-0.4, -0.2) is 213 Å². The Morgan fingerprint density at radius 1 is 0.351 bits per heavy atom. The standard InChI is InChI=1S/C100H149N5O24Si5/c1-96(2,3)130(16,17)118-64-75-81(124-88-77(105-95(111)117-62-69-52-40-30-41-53-69)84(128-133(22,23)99(10,11)12)82(126-131(18,19)97(4,5)6)73(119-88)57-101-91(107)113-58-65-44-32-26-33-45-65)86(129-134(24,25)100(13,14)15)90(121-75)125-85-78(106)71(102-92(108)114-59-66-46-34-27-35-47-66)56-72(103-93(109)115-60-67-48-36-28-37-49-67)79(85)122-89-76(104-94(110)116-61-68-50-38-29-39-51-68)83(127-132(20,21)98(7,8)9)80-74(120-89)63-112-87(123-80)70-54-42-31-43-55-70/h26-55,71-90,106H,56-64H2,1-25H3,(H,101,107)(H,102,108)(H,103,109)(H,104,110)(H,105,111)/t71-,72+,73+,74-,75-,76-,77-,78+,79-,80-,81-,82+,83-,84-,85-,86-,87?,88-,89-,90+/m1/s1. The zero-order valence-electron chi connectivity index (χ0n) is 83.1. The molecule has 0 bridgehead atoms. The van der Waals surface area contributed by atoms with Crippen molar-refractivity contribution in [3.63, 3.8) is 0 Å². The van der Waals surface area contributed by atoms with Crippen LogP contribution < -0.4 is 26.6 Å². The fourth-order valence-electron chi connectivity index (χ4n) is 15.1. The van der Waals surface area contributed by atoms with Gasteiger partial charge >= 0.3 is 30.5 Å². The zero-order chi connectivity index (χ0) is 97.7. The van der Waals surface area contributed by atoms with Crippen molar-refractivity contribution in [3.8, 4) is 0 Å². The molecule has 11 rings (SSSR count). The first-order chi connectivity index (χ1) is 62.8. The third-order valence-electron chi connectivity index (χ3n) is 28.2. The number of carbonyl (C=O) groups is 5. The molecule has 4 aliphatic heterocycles. The number of fused-ring (bicyclic) bond motifs is 1. The molecule has 34 heteroatoms. The SMILES string of the molecule is CC(C)(C)[Si](C)(C)OC[C@H]1O[C@@H](O[C@@H]2[C@@H](O)[C@H](NC(=O)OCc3ccccc3)C[C@H](NC(=O)OCc3ccccc3)[C@H]2O[C@H]2O[C@@H]3COC(c4ccccc4)O[C@H]3[C@H](O[Si](C)(C)C(C)(C)C)[C@H]2NC(=O)OCc2ccccc2)[C@H](O[Si](C)(C)C(C)(C)C)[C@@H]1O[C@H]1O[C@@H](CNC(=O)OCc2ccccc2)[C@H](O[Si](C)(C)C(C)(C)C)[C@H](O[Si](C)(C)C(C)(C)C)[C@H]1NC(=O)OCc1ccccc1. The van der Waals surface area contributed by atoms with Crippen molar-refractivity contribution in [2.24, 2.45) is 0 Å². The molecule has 0 spiro atoms. The van der Waals surface area contributed by atoms with Gasteiger partial charge in [0.1, 0.15) is 106 Å². The molecule has 6 aromatic rings. The van der Waals surface area contributed by atoms with Crippen LogP contribution in [0.5, 0.6) is 0 Å². The molecular weight excluding hydrogens is 1800 g/mol. The maximum Gasteiger partial charge on any atom is 0.407 e. The summed E-state index contributed by atoms with van der Waals surface area (Å²) in [6.07, 6.45) is -26.3. The highest BCUT2D eigenvalue weighted by Gasteiger charge is 2.63. The molecule has 5 amide bonds. The van der Waals surface area contributed by atoms with Crippen LogP contribution in [0.1, 0.15) is 150 Å². The Hall–Kier alpha value is -7.81. The molecule has 1 unspecified atom stereocenters. The molecule has 1 saturated carbocycles. The first-order valence-corrected chi connectivity index (χ1v) is 61.4. The fourth-order valence-corrected chi connectivity index (χ4v) is 21.3. The molecule has 6 aromatic carbocycles. The van der Waals surface area contributed by atoms with Gasteiger partial charge in [0.25, 0.3) is 0 Å². The van der Waals surface area contributed by atoms with E-state index in [2.05, 4.69) is 196 Å². The molecule has 1 aliphatic carbocycles. The molecule has 5 aliphatic rings. The Labute approximate surface area is 798 Å². The van der Waals surface area contributed by atoms with Crippen LogP contribution >= 0.6 is 0 Å². The number of ether oxygens (including phenoxy) is 13. The molecular formula is C100H149N5O24Si5. The molecule has 0 radical (unpaired) electrons. The number of alkyl carbamates (subject to hydrolysis) is 5. The van der Waals surface area contributed by atoms with Gasteiger partial charge in [0.2, 0.25) is 0 Å². The van der Waals surface area contributed by atoms with Crippen LogP contribution in [0, 0.1) is 0 Å². The monoisotopic (exact) mass is 1940 g/mol. The van der Waals surface area contributed by atoms with Gasteiger partial charge in [0, 0.05) is 12.1 Å². The Bertz CT molecular complexity index is 4720. The lowest BCUT2D eigenvalue weighted by Crippen LogP contribution is -2.72. The first kappa shape index (κ1) is 107. The number of hydrogen-bond donors (Lipinski definition) is 6. The van der Waals surface area contributed by atoms with Gasteiger partial charge in [-0.3, -0.25) is 0 Å². The molecule has 134 heavy (non-hydrogen) atoms. The largest absolute Gasteiger partial charge is 0.445 e. The molecule has 6 N–H and O–H groups in total. The molecule has 5 fully saturated rings. The van der Waals surface area contributed by atoms with Crippen LogP contribution in [0.2, 0.25) is 90.7 Å². The summed E-state index contributed by atoms with van der Waals surface area (Å²) >= 11 is 0. The van der Waals surface area contributed by atoms with Crippen molar-refractivity contribution in [2.45, 2.75) is 357 Å². The molecule has 4 heterocycles. The van der Waals surface area contributed by atoms with Gasteiger partial charge in [0.05, 0.1) is 37.5 Å². The second-order valence-corrected chi connectivity index (χ2v) is 67.1. The fraction of sp³-hybridized carbons (Fsp3) is 0.590. The van der Waals surface area contributed by atoms with Gasteiger partial charge in [-0.25, -0.2) is 24.0 Å². The van der Waals surface area contributed by atoms with E-state index in [1.54, 1.807) is 12.1 Å². The van der Waals surface area contributed by atoms with E-state index in [0.29, 0.717) is 27.8 Å². The van der Waals surface area contributed by atoms with Crippen molar-refractivity contribution in [1.29, 1.82) is 0 Å². The highest BCUT2D eigenvalue weighted by molar-refractivity contribution is 6.76. The summed E-state index contributed by atoms with van der Waals surface area (Å²) in [6, 6.07) is 50.0. The summed E-state index contributed by atoms with van der Waals surface area (Å²) in [4.78, 5) is 75.0. The Morgan fingerprint density at radius 2 is 0.687 bits per heavy atom. The summed E-state index contributed by atoms with van der Waals surface area (Å²) in [5.41, 5.74) is 4.22. The maximum atomic E-state index is 15.4. The summed E-state index contributed by atoms with van der Waals surface area (Å²) in [7, 11) is -15.2. The summed E-state index contributed by atoms with van der Waals surface area (Å²) in [5.74, 6) is 0. The van der Waals surface area contributed by atoms with E-state index in [1.807, 2.05) is 170 Å². The Balaban J connectivity index is 1.11. The highest BCUT2D eigenvalue weighted by atomic mass is 28.4. The van der Waals surface area contributed by atoms with Crippen LogP contribution in [0.15, 0.2) is 182 Å². The third-order valence-corrected chi connectivity index (χ3v) is 50.6. The minimum Gasteiger partial charge on any atom is -0.445 e. The number of benzene rings is 6. The molecule has 20 atom stereocenters. The lowest BCUT2D eigenvalue weighted by atomic mass is 9.83. The van der Waals surface area contributed by atoms with E-state index in [4.69, 9.17) is 83.7 Å². The average Bonchev–Trinajstić information content (AvgIpc) is 0.762. The number of aliphatic hydroxyl groups excluding tert-OH is 1. The summed E-state index contributed by atoms with van der Waals surface area (Å²) in [5, 5.41) is 27.2. The van der Waals surface area contributed by atoms with Crippen molar-refractivity contribution in [2.75, 3.05) is 19.8 Å². The topological polar surface area (TPSA) is 332 Å². The second kappa shape index (κ2) is 45.0. The predicted molar refractivity (Wildman–Crippen MR) is 521 cm³/mol. The van der Waals surface area contributed by atoms with Gasteiger partial charge in [-0.1, -0.05) is 286 Å². The van der Waals surface area contributed by atoms with Crippen LogP contribution in [-0.2, 0) is 117 Å². The zero-order valence-corrected chi connectivity index (χ0v) is 88.1. The lowest BCUT2D eigenvalue weighted by Gasteiger charge is -2.54. The number of hydrogen-bond acceptors (Lipinski definition) is 24. The normalized spacial score (nSPS) is 26.8. The number of carbonyl (C=O) groups excluding carboxylic acids is 5. The molecule has 4 saturated heterocycles. The second-order valence-electron chi connectivity index (χ2n) is 43.3. The molecule has 0 aromatic heterocycles. The number of nitrogens with one attached hydrogen (secondary N) is 5. The lowest BCUT2D eigenvalue weighted by molar-refractivity contribution is -0.356. The first-order valence-electron chi connectivity index (χ1n) is 46.9. The van der Waals surface area contributed by atoms with Crippen LogP contribution in [0.4, 0.5) is 24.0 Å². The minimum absolute atomic E-state index is 0.0464. The van der Waals surface area contributed by atoms with E-state index in [9.17, 15) is 14.7 Å².